The Morgan fingerprint density at radius 2 is 2.38 bits per heavy atom. The van der Waals surface area contributed by atoms with Crippen molar-refractivity contribution in [2.45, 2.75) is 0 Å². The number of rotatable bonds is 0. The Kier molecular flexibility index (Phi) is 1.32. The summed E-state index contributed by atoms with van der Waals surface area (Å²) in [5.74, 6) is -0.241. The van der Waals surface area contributed by atoms with Gasteiger partial charge < -0.3 is 4.84 Å². The number of hydrogen-bond acceptors (Lipinski definition) is 2. The smallest absolute Gasteiger partial charge is 0.276 e. The molecule has 0 aromatic rings. The molecule has 0 fully saturated rings. The van der Waals surface area contributed by atoms with Crippen LogP contribution in [0.2, 0.25) is 0 Å². The minimum atomic E-state index is -0.241. The average Bonchev–Trinajstić information content (AvgIpc) is 1.94. The van der Waals surface area contributed by atoms with Gasteiger partial charge in [0.25, 0.3) is 5.91 Å². The molecule has 0 atom stereocenters. The summed E-state index contributed by atoms with van der Waals surface area (Å²) < 4.78 is 0. The molecule has 0 bridgehead atoms. The van der Waals surface area contributed by atoms with E-state index in [4.69, 9.17) is 0 Å². The molecule has 0 saturated carbocycles. The van der Waals surface area contributed by atoms with Gasteiger partial charge in [-0.3, -0.25) is 4.79 Å². The number of carbonyl (C=O) groups is 1. The zero-order valence-electron chi connectivity index (χ0n) is 4.13. The maximum atomic E-state index is 10.3. The third-order valence-corrected chi connectivity index (χ3v) is 0.665. The van der Waals surface area contributed by atoms with Gasteiger partial charge in [-0.05, 0) is 6.08 Å². The first-order valence-corrected chi connectivity index (χ1v) is 2.18. The minimum absolute atomic E-state index is 0.241. The van der Waals surface area contributed by atoms with Gasteiger partial charge in [-0.15, -0.1) is 0 Å². The lowest BCUT2D eigenvalue weighted by Gasteiger charge is -1.93. The highest BCUT2D eigenvalue weighted by atomic mass is 16.6. The third kappa shape index (κ3) is 1.11. The van der Waals surface area contributed by atoms with E-state index in [1.807, 2.05) is 0 Å². The molecule has 0 unspecified atom stereocenters. The van der Waals surface area contributed by atoms with Crippen LogP contribution in [0.1, 0.15) is 0 Å². The Labute approximate surface area is 46.6 Å². The molecule has 3 nitrogen and oxygen atoms in total. The summed E-state index contributed by atoms with van der Waals surface area (Å²) >= 11 is 0. The van der Waals surface area contributed by atoms with Gasteiger partial charge in [0.2, 0.25) is 0 Å². The van der Waals surface area contributed by atoms with Gasteiger partial charge >= 0.3 is 0 Å². The van der Waals surface area contributed by atoms with Gasteiger partial charge in [-0.25, -0.2) is 0 Å². The van der Waals surface area contributed by atoms with Gasteiger partial charge in [0.1, 0.15) is 6.26 Å². The number of hydrogen-bond donors (Lipinski definition) is 1. The summed E-state index contributed by atoms with van der Waals surface area (Å²) in [7, 11) is 0. The van der Waals surface area contributed by atoms with Crippen LogP contribution in [0.3, 0.4) is 0 Å². The van der Waals surface area contributed by atoms with Crippen LogP contribution in [-0.2, 0) is 9.63 Å². The number of carbonyl (C=O) groups excluding carboxylic acids is 1. The summed E-state index contributed by atoms with van der Waals surface area (Å²) in [4.78, 5) is 14.8. The second kappa shape index (κ2) is 2.16. The zero-order chi connectivity index (χ0) is 5.82. The molecular formula is C5H5NO2. The van der Waals surface area contributed by atoms with Gasteiger partial charge in [-0.1, -0.05) is 6.08 Å². The van der Waals surface area contributed by atoms with Crippen LogP contribution in [0.5, 0.6) is 0 Å². The van der Waals surface area contributed by atoms with E-state index in [-0.39, 0.29) is 5.91 Å². The highest BCUT2D eigenvalue weighted by Gasteiger charge is 1.92. The SMILES string of the molecule is O=C1C=CC=CON1. The molecule has 0 saturated heterocycles. The number of nitrogens with one attached hydrogen (secondary N) is 1. The van der Waals surface area contributed by atoms with Crippen LogP contribution in [0.15, 0.2) is 24.5 Å². The molecule has 1 aliphatic rings. The van der Waals surface area contributed by atoms with E-state index in [1.54, 1.807) is 12.2 Å². The highest BCUT2D eigenvalue weighted by Crippen LogP contribution is 1.83. The predicted molar refractivity (Wildman–Crippen MR) is 27.5 cm³/mol. The average molecular weight is 111 g/mol. The van der Waals surface area contributed by atoms with Crippen LogP contribution in [-0.4, -0.2) is 5.91 Å². The first-order valence-electron chi connectivity index (χ1n) is 2.18. The van der Waals surface area contributed by atoms with Gasteiger partial charge in [-0.2, -0.15) is 5.48 Å². The lowest BCUT2D eigenvalue weighted by atomic mass is 10.5. The molecule has 0 aromatic carbocycles. The van der Waals surface area contributed by atoms with E-state index in [1.165, 1.54) is 12.3 Å². The maximum absolute atomic E-state index is 10.3. The van der Waals surface area contributed by atoms with Crippen LogP contribution < -0.4 is 5.48 Å². The van der Waals surface area contributed by atoms with Crippen molar-refractivity contribution in [1.82, 2.24) is 5.48 Å². The molecule has 3 heteroatoms. The molecule has 8 heavy (non-hydrogen) atoms. The lowest BCUT2D eigenvalue weighted by molar-refractivity contribution is -0.124. The fourth-order valence-electron chi connectivity index (χ4n) is 0.354. The molecule has 0 spiro atoms. The van der Waals surface area contributed by atoms with Crippen molar-refractivity contribution < 1.29 is 9.63 Å². The number of hydroxylamine groups is 1. The second-order valence-corrected chi connectivity index (χ2v) is 1.27. The van der Waals surface area contributed by atoms with Gasteiger partial charge in [0, 0.05) is 6.08 Å². The molecule has 1 aliphatic heterocycles. The van der Waals surface area contributed by atoms with E-state index in [2.05, 4.69) is 10.3 Å². The fourth-order valence-corrected chi connectivity index (χ4v) is 0.354. The highest BCUT2D eigenvalue weighted by molar-refractivity contribution is 5.87. The molecule has 0 aliphatic carbocycles. The monoisotopic (exact) mass is 111 g/mol. The maximum Gasteiger partial charge on any atom is 0.276 e. The first-order chi connectivity index (χ1) is 3.89. The van der Waals surface area contributed by atoms with Crippen molar-refractivity contribution in [2.24, 2.45) is 0 Å². The Balaban J connectivity index is 2.58. The summed E-state index contributed by atoms with van der Waals surface area (Å²) in [5.41, 5.74) is 2.13. The van der Waals surface area contributed by atoms with Crippen molar-refractivity contribution >= 4 is 5.91 Å². The van der Waals surface area contributed by atoms with Crippen molar-refractivity contribution in [3.05, 3.63) is 24.5 Å². The number of amides is 1. The van der Waals surface area contributed by atoms with E-state index >= 15 is 0 Å². The fraction of sp³-hybridized carbons (Fsp3) is 0. The Hall–Kier alpha value is -1.25. The Bertz CT molecular complexity index is 149. The molecule has 1 heterocycles. The molecule has 0 radical (unpaired) electrons. The summed E-state index contributed by atoms with van der Waals surface area (Å²) in [5, 5.41) is 0. The molecule has 0 aromatic heterocycles. The lowest BCUT2D eigenvalue weighted by Crippen LogP contribution is -2.17. The second-order valence-electron chi connectivity index (χ2n) is 1.27. The van der Waals surface area contributed by atoms with E-state index in [9.17, 15) is 4.79 Å². The normalized spacial score (nSPS) is 16.8. The van der Waals surface area contributed by atoms with Crippen LogP contribution in [0.4, 0.5) is 0 Å². The van der Waals surface area contributed by atoms with Crippen LogP contribution in [0.25, 0.3) is 0 Å². The molecule has 1 N–H and O–H groups in total. The van der Waals surface area contributed by atoms with E-state index in [0.29, 0.717) is 0 Å². The largest absolute Gasteiger partial charge is 0.387 e. The van der Waals surface area contributed by atoms with Crippen molar-refractivity contribution in [2.75, 3.05) is 0 Å². The van der Waals surface area contributed by atoms with Gasteiger partial charge in [0.05, 0.1) is 0 Å². The topological polar surface area (TPSA) is 38.3 Å². The summed E-state index contributed by atoms with van der Waals surface area (Å²) in [6, 6.07) is 0. The minimum Gasteiger partial charge on any atom is -0.387 e. The van der Waals surface area contributed by atoms with Crippen molar-refractivity contribution in [3.8, 4) is 0 Å². The van der Waals surface area contributed by atoms with E-state index < -0.39 is 0 Å². The zero-order valence-corrected chi connectivity index (χ0v) is 4.13. The Morgan fingerprint density at radius 3 is 3.25 bits per heavy atom. The van der Waals surface area contributed by atoms with Crippen LogP contribution >= 0.6 is 0 Å². The molecular weight excluding hydrogens is 106 g/mol. The molecule has 1 rings (SSSR count). The quantitative estimate of drug-likeness (QED) is 0.482. The molecule has 1 amide bonds. The molecule has 42 valence electrons. The number of allylic oxidation sites excluding steroid dienone is 2. The van der Waals surface area contributed by atoms with Crippen molar-refractivity contribution in [3.63, 3.8) is 0 Å². The third-order valence-electron chi connectivity index (χ3n) is 0.665. The van der Waals surface area contributed by atoms with Crippen molar-refractivity contribution in [1.29, 1.82) is 0 Å². The standard InChI is InChI=1S/C5H5NO2/c7-5-3-1-2-4-8-6-5/h1-4H,(H,6,7). The first kappa shape index (κ1) is 4.90. The Morgan fingerprint density at radius 1 is 1.50 bits per heavy atom. The van der Waals surface area contributed by atoms with Crippen LogP contribution in [0, 0.1) is 0 Å². The van der Waals surface area contributed by atoms with E-state index in [0.717, 1.165) is 0 Å². The van der Waals surface area contributed by atoms with Gasteiger partial charge in [0.15, 0.2) is 0 Å². The summed E-state index contributed by atoms with van der Waals surface area (Å²) in [6.07, 6.45) is 5.99. The summed E-state index contributed by atoms with van der Waals surface area (Å²) in [6.45, 7) is 0. The predicted octanol–water partition coefficient (Wildman–Crippen LogP) is 0.118.